The summed E-state index contributed by atoms with van der Waals surface area (Å²) in [7, 11) is 0. The Labute approximate surface area is 148 Å². The van der Waals surface area contributed by atoms with Crippen molar-refractivity contribution in [1.82, 2.24) is 14.8 Å². The van der Waals surface area contributed by atoms with Gasteiger partial charge in [-0.1, -0.05) is 0 Å². The SMILES string of the molecule is Cc1occc1C(=O)N(CCCN1CCOCC1)Cc1ccncc1. The predicted octanol–water partition coefficient (Wildman–Crippen LogP) is 2.35. The van der Waals surface area contributed by atoms with Crippen LogP contribution in [-0.2, 0) is 11.3 Å². The van der Waals surface area contributed by atoms with E-state index in [9.17, 15) is 4.79 Å². The maximum Gasteiger partial charge on any atom is 0.257 e. The Hall–Kier alpha value is -2.18. The first kappa shape index (κ1) is 17.6. The van der Waals surface area contributed by atoms with Gasteiger partial charge in [-0.05, 0) is 37.1 Å². The molecule has 3 heterocycles. The Bertz CT molecular complexity index is 666. The molecule has 0 bridgehead atoms. The highest BCUT2D eigenvalue weighted by Gasteiger charge is 2.20. The van der Waals surface area contributed by atoms with E-state index in [0.717, 1.165) is 44.8 Å². The molecule has 2 aromatic heterocycles. The Morgan fingerprint density at radius 3 is 2.68 bits per heavy atom. The van der Waals surface area contributed by atoms with E-state index < -0.39 is 0 Å². The molecule has 1 saturated heterocycles. The van der Waals surface area contributed by atoms with E-state index in [1.807, 2.05) is 24.0 Å². The first-order valence-electron chi connectivity index (χ1n) is 8.76. The number of aromatic nitrogens is 1. The highest BCUT2D eigenvalue weighted by molar-refractivity contribution is 5.95. The van der Waals surface area contributed by atoms with E-state index in [0.29, 0.717) is 24.4 Å². The number of morpholine rings is 1. The van der Waals surface area contributed by atoms with Gasteiger partial charge in [-0.3, -0.25) is 14.7 Å². The number of ether oxygens (including phenoxy) is 1. The lowest BCUT2D eigenvalue weighted by molar-refractivity contribution is 0.0355. The molecule has 0 aromatic carbocycles. The van der Waals surface area contributed by atoms with E-state index in [1.165, 1.54) is 0 Å². The number of amides is 1. The molecule has 0 radical (unpaired) electrons. The molecular formula is C19H25N3O3. The molecule has 1 amide bonds. The number of carbonyl (C=O) groups is 1. The van der Waals surface area contributed by atoms with Crippen molar-refractivity contribution in [1.29, 1.82) is 0 Å². The third kappa shape index (κ3) is 4.90. The monoisotopic (exact) mass is 343 g/mol. The summed E-state index contributed by atoms with van der Waals surface area (Å²) in [5, 5.41) is 0. The molecule has 0 N–H and O–H groups in total. The Morgan fingerprint density at radius 2 is 2.00 bits per heavy atom. The van der Waals surface area contributed by atoms with Gasteiger partial charge in [-0.2, -0.15) is 0 Å². The number of aryl methyl sites for hydroxylation is 1. The standard InChI is InChI=1S/C19H25N3O3/c1-16-18(5-12-25-16)19(23)22(15-17-3-6-20-7-4-17)9-2-8-21-10-13-24-14-11-21/h3-7,12H,2,8-11,13-15H2,1H3. The molecular weight excluding hydrogens is 318 g/mol. The van der Waals surface area contributed by atoms with E-state index >= 15 is 0 Å². The van der Waals surface area contributed by atoms with Gasteiger partial charge in [0.2, 0.25) is 0 Å². The third-order valence-corrected chi connectivity index (χ3v) is 4.51. The van der Waals surface area contributed by atoms with Crippen LogP contribution in [-0.4, -0.2) is 60.1 Å². The van der Waals surface area contributed by atoms with Gasteiger partial charge in [0.05, 0.1) is 25.0 Å². The maximum atomic E-state index is 12.9. The number of nitrogens with zero attached hydrogens (tertiary/aromatic N) is 3. The molecule has 6 heteroatoms. The van der Waals surface area contributed by atoms with Gasteiger partial charge in [0.1, 0.15) is 5.76 Å². The minimum atomic E-state index is 0.0186. The summed E-state index contributed by atoms with van der Waals surface area (Å²) < 4.78 is 10.7. The average molecular weight is 343 g/mol. The van der Waals surface area contributed by atoms with Crippen LogP contribution in [0.25, 0.3) is 0 Å². The van der Waals surface area contributed by atoms with Crippen LogP contribution in [0.2, 0.25) is 0 Å². The lowest BCUT2D eigenvalue weighted by Crippen LogP contribution is -2.39. The van der Waals surface area contributed by atoms with Gasteiger partial charge in [0.15, 0.2) is 0 Å². The third-order valence-electron chi connectivity index (χ3n) is 4.51. The van der Waals surface area contributed by atoms with E-state index in [4.69, 9.17) is 9.15 Å². The van der Waals surface area contributed by atoms with Crippen molar-refractivity contribution in [3.8, 4) is 0 Å². The second-order valence-electron chi connectivity index (χ2n) is 6.28. The second kappa shape index (κ2) is 8.78. The molecule has 0 unspecified atom stereocenters. The van der Waals surface area contributed by atoms with Gasteiger partial charge in [0, 0.05) is 45.1 Å². The van der Waals surface area contributed by atoms with Gasteiger partial charge >= 0.3 is 0 Å². The van der Waals surface area contributed by atoms with Gasteiger partial charge in [-0.15, -0.1) is 0 Å². The fraction of sp³-hybridized carbons (Fsp3) is 0.474. The molecule has 2 aromatic rings. The van der Waals surface area contributed by atoms with E-state index in [-0.39, 0.29) is 5.91 Å². The van der Waals surface area contributed by atoms with Crippen LogP contribution in [0.5, 0.6) is 0 Å². The molecule has 0 spiro atoms. The zero-order chi connectivity index (χ0) is 17.5. The smallest absolute Gasteiger partial charge is 0.257 e. The maximum absolute atomic E-state index is 12.9. The van der Waals surface area contributed by atoms with Crippen molar-refractivity contribution >= 4 is 5.91 Å². The van der Waals surface area contributed by atoms with Crippen LogP contribution >= 0.6 is 0 Å². The zero-order valence-corrected chi connectivity index (χ0v) is 14.7. The summed E-state index contributed by atoms with van der Waals surface area (Å²) in [6.07, 6.45) is 6.03. The predicted molar refractivity (Wildman–Crippen MR) is 94.3 cm³/mol. The van der Waals surface area contributed by atoms with Gasteiger partial charge < -0.3 is 14.1 Å². The number of carbonyl (C=O) groups excluding carboxylic acids is 1. The molecule has 25 heavy (non-hydrogen) atoms. The highest BCUT2D eigenvalue weighted by Crippen LogP contribution is 2.15. The summed E-state index contributed by atoms with van der Waals surface area (Å²) in [6.45, 7) is 7.64. The van der Waals surface area contributed by atoms with Crippen LogP contribution in [0.1, 0.15) is 28.1 Å². The zero-order valence-electron chi connectivity index (χ0n) is 14.7. The molecule has 1 aliphatic rings. The van der Waals surface area contributed by atoms with Crippen molar-refractivity contribution in [3.63, 3.8) is 0 Å². The molecule has 0 aliphatic carbocycles. The summed E-state index contributed by atoms with van der Waals surface area (Å²) in [6, 6.07) is 5.65. The molecule has 1 aliphatic heterocycles. The summed E-state index contributed by atoms with van der Waals surface area (Å²) in [5.74, 6) is 0.683. The number of hydrogen-bond acceptors (Lipinski definition) is 5. The molecule has 0 atom stereocenters. The lowest BCUT2D eigenvalue weighted by Gasteiger charge is -2.28. The molecule has 6 nitrogen and oxygen atoms in total. The largest absolute Gasteiger partial charge is 0.469 e. The topological polar surface area (TPSA) is 58.8 Å². The van der Waals surface area contributed by atoms with Crippen LogP contribution < -0.4 is 0 Å². The van der Waals surface area contributed by atoms with Crippen molar-refractivity contribution in [2.24, 2.45) is 0 Å². The summed E-state index contributed by atoms with van der Waals surface area (Å²) >= 11 is 0. The minimum Gasteiger partial charge on any atom is -0.469 e. The lowest BCUT2D eigenvalue weighted by atomic mass is 10.2. The summed E-state index contributed by atoms with van der Waals surface area (Å²) in [4.78, 5) is 21.3. The number of furan rings is 1. The molecule has 1 fully saturated rings. The number of pyridine rings is 1. The highest BCUT2D eigenvalue weighted by atomic mass is 16.5. The number of hydrogen-bond donors (Lipinski definition) is 0. The van der Waals surface area contributed by atoms with Crippen LogP contribution in [0.3, 0.4) is 0 Å². The van der Waals surface area contributed by atoms with Crippen molar-refractivity contribution in [2.75, 3.05) is 39.4 Å². The van der Waals surface area contributed by atoms with E-state index in [1.54, 1.807) is 24.7 Å². The second-order valence-corrected chi connectivity index (χ2v) is 6.28. The van der Waals surface area contributed by atoms with Crippen molar-refractivity contribution < 1.29 is 13.9 Å². The Balaban J connectivity index is 1.63. The first-order valence-corrected chi connectivity index (χ1v) is 8.76. The fourth-order valence-electron chi connectivity index (χ4n) is 3.05. The van der Waals surface area contributed by atoms with Gasteiger partial charge in [-0.25, -0.2) is 0 Å². The first-order chi connectivity index (χ1) is 12.2. The fourth-order valence-corrected chi connectivity index (χ4v) is 3.05. The van der Waals surface area contributed by atoms with Crippen molar-refractivity contribution in [3.05, 3.63) is 53.7 Å². The molecule has 134 valence electrons. The normalized spacial score (nSPS) is 15.2. The van der Waals surface area contributed by atoms with Crippen LogP contribution in [0, 0.1) is 6.92 Å². The van der Waals surface area contributed by atoms with Crippen molar-refractivity contribution in [2.45, 2.75) is 19.9 Å². The van der Waals surface area contributed by atoms with Gasteiger partial charge in [0.25, 0.3) is 5.91 Å². The number of rotatable bonds is 7. The quantitative estimate of drug-likeness (QED) is 0.772. The molecule has 3 rings (SSSR count). The minimum absolute atomic E-state index is 0.0186. The Kier molecular flexibility index (Phi) is 6.19. The van der Waals surface area contributed by atoms with E-state index in [2.05, 4.69) is 9.88 Å². The summed E-state index contributed by atoms with van der Waals surface area (Å²) in [5.41, 5.74) is 1.72. The van der Waals surface area contributed by atoms with Crippen LogP contribution in [0.15, 0.2) is 41.3 Å². The molecule has 0 saturated carbocycles. The van der Waals surface area contributed by atoms with Crippen LogP contribution in [0.4, 0.5) is 0 Å². The average Bonchev–Trinajstić information content (AvgIpc) is 3.08. The Morgan fingerprint density at radius 1 is 1.24 bits per heavy atom.